The lowest BCUT2D eigenvalue weighted by atomic mass is 10.1. The second-order valence-electron chi connectivity index (χ2n) is 4.52. The highest BCUT2D eigenvalue weighted by atomic mass is 35.5. The van der Waals surface area contributed by atoms with Crippen LogP contribution in [0.5, 0.6) is 0 Å². The van der Waals surface area contributed by atoms with Gasteiger partial charge in [-0.05, 0) is 36.8 Å². The first-order valence-corrected chi connectivity index (χ1v) is 8.05. The molecule has 20 heavy (non-hydrogen) atoms. The molecule has 0 amide bonds. The first-order chi connectivity index (χ1) is 9.58. The van der Waals surface area contributed by atoms with Gasteiger partial charge in [0.05, 0.1) is 5.25 Å². The van der Waals surface area contributed by atoms with E-state index in [-0.39, 0.29) is 5.78 Å². The third-order valence-electron chi connectivity index (χ3n) is 3.04. The molecule has 2 atom stereocenters. The fourth-order valence-electron chi connectivity index (χ4n) is 1.83. The first kappa shape index (κ1) is 14.9. The number of carbonyl (C=O) groups excluding carboxylic acids is 1. The van der Waals surface area contributed by atoms with Gasteiger partial charge in [0, 0.05) is 27.1 Å². The van der Waals surface area contributed by atoms with Crippen LogP contribution in [0.4, 0.5) is 0 Å². The van der Waals surface area contributed by atoms with Gasteiger partial charge in [-0.15, -0.1) is 0 Å². The molecule has 104 valence electrons. The zero-order chi connectivity index (χ0) is 14.5. The molecule has 2 unspecified atom stereocenters. The van der Waals surface area contributed by atoms with E-state index in [0.717, 1.165) is 5.56 Å². The Balaban J connectivity index is 2.06. The van der Waals surface area contributed by atoms with E-state index in [4.69, 9.17) is 11.6 Å². The minimum absolute atomic E-state index is 0.115. The van der Waals surface area contributed by atoms with E-state index in [1.807, 2.05) is 30.3 Å². The summed E-state index contributed by atoms with van der Waals surface area (Å²) in [5, 5.41) is 0.0518. The Labute approximate surface area is 126 Å². The maximum atomic E-state index is 12.3. The van der Waals surface area contributed by atoms with Crippen LogP contribution < -0.4 is 0 Å². The number of rotatable bonds is 5. The third kappa shape index (κ3) is 3.78. The van der Waals surface area contributed by atoms with Crippen LogP contribution in [0.2, 0.25) is 5.02 Å². The molecule has 0 bridgehead atoms. The average Bonchev–Trinajstić information content (AvgIpc) is 2.47. The predicted octanol–water partition coefficient (Wildman–Crippen LogP) is 3.86. The summed E-state index contributed by atoms with van der Waals surface area (Å²) in [4.78, 5) is 12.3. The normalized spacial score (nSPS) is 13.7. The summed E-state index contributed by atoms with van der Waals surface area (Å²) in [5.74, 6) is 0.275. The minimum Gasteiger partial charge on any atom is -0.293 e. The van der Waals surface area contributed by atoms with Crippen molar-refractivity contribution in [2.24, 2.45) is 0 Å². The quantitative estimate of drug-likeness (QED) is 0.786. The predicted molar refractivity (Wildman–Crippen MR) is 83.5 cm³/mol. The Morgan fingerprint density at radius 2 is 1.70 bits per heavy atom. The van der Waals surface area contributed by atoms with E-state index >= 15 is 0 Å². The molecular weight excluding hydrogens is 292 g/mol. The summed E-state index contributed by atoms with van der Waals surface area (Å²) in [5.41, 5.74) is 1.52. The summed E-state index contributed by atoms with van der Waals surface area (Å²) in [6.07, 6.45) is 0. The Hall–Kier alpha value is -1.45. The van der Waals surface area contributed by atoms with E-state index in [2.05, 4.69) is 0 Å². The van der Waals surface area contributed by atoms with Crippen LogP contribution >= 0.6 is 11.6 Å². The van der Waals surface area contributed by atoms with Crippen molar-refractivity contribution in [2.45, 2.75) is 17.9 Å². The lowest BCUT2D eigenvalue weighted by molar-refractivity contribution is 0.0992. The van der Waals surface area contributed by atoms with E-state index in [9.17, 15) is 9.00 Å². The van der Waals surface area contributed by atoms with Crippen LogP contribution in [0.25, 0.3) is 0 Å². The van der Waals surface area contributed by atoms with Gasteiger partial charge in [-0.2, -0.15) is 0 Å². The number of benzene rings is 2. The number of hydrogen-bond acceptors (Lipinski definition) is 2. The molecule has 0 fully saturated rings. The zero-order valence-corrected chi connectivity index (χ0v) is 12.7. The Morgan fingerprint density at radius 3 is 2.30 bits per heavy atom. The fourth-order valence-corrected chi connectivity index (χ4v) is 3.10. The first-order valence-electron chi connectivity index (χ1n) is 6.29. The van der Waals surface area contributed by atoms with Crippen LogP contribution in [0, 0.1) is 0 Å². The Kier molecular flexibility index (Phi) is 5.10. The van der Waals surface area contributed by atoms with Crippen molar-refractivity contribution in [3.8, 4) is 0 Å². The van der Waals surface area contributed by atoms with Gasteiger partial charge in [0.25, 0.3) is 0 Å². The second-order valence-corrected chi connectivity index (χ2v) is 6.72. The standard InChI is InChI=1S/C16H15ClO2S/c1-12(16(18)14-7-9-15(17)10-8-14)20(19)11-13-5-3-2-4-6-13/h2-10,12H,11H2,1H3. The number of carbonyl (C=O) groups is 1. The monoisotopic (exact) mass is 306 g/mol. The van der Waals surface area contributed by atoms with Crippen molar-refractivity contribution < 1.29 is 9.00 Å². The van der Waals surface area contributed by atoms with Crippen LogP contribution in [-0.4, -0.2) is 15.2 Å². The summed E-state index contributed by atoms with van der Waals surface area (Å²) < 4.78 is 12.3. The molecule has 0 saturated heterocycles. The lowest BCUT2D eigenvalue weighted by Crippen LogP contribution is -2.23. The number of Topliss-reactive ketones (excluding diaryl/α,β-unsaturated/α-hetero) is 1. The lowest BCUT2D eigenvalue weighted by Gasteiger charge is -2.10. The number of hydrogen-bond donors (Lipinski definition) is 0. The summed E-state index contributed by atoms with van der Waals surface area (Å²) >= 11 is 5.79. The third-order valence-corrected chi connectivity index (χ3v) is 4.92. The molecular formula is C16H15ClO2S. The molecule has 0 heterocycles. The molecule has 2 aromatic carbocycles. The summed E-state index contributed by atoms with van der Waals surface area (Å²) in [7, 11) is -1.23. The van der Waals surface area contributed by atoms with Gasteiger partial charge in [-0.25, -0.2) is 0 Å². The Bertz CT molecular complexity index is 608. The maximum Gasteiger partial charge on any atom is 0.178 e. The summed E-state index contributed by atoms with van der Waals surface area (Å²) in [6.45, 7) is 1.70. The minimum atomic E-state index is -1.23. The number of ketones is 1. The highest BCUT2D eigenvalue weighted by Crippen LogP contribution is 2.15. The molecule has 2 rings (SSSR count). The van der Waals surface area contributed by atoms with Crippen LogP contribution in [0.15, 0.2) is 54.6 Å². The maximum absolute atomic E-state index is 12.3. The average molecular weight is 307 g/mol. The van der Waals surface area contributed by atoms with Gasteiger partial charge in [0.1, 0.15) is 0 Å². The van der Waals surface area contributed by atoms with E-state index in [0.29, 0.717) is 16.3 Å². The van der Waals surface area contributed by atoms with Crippen LogP contribution in [0.3, 0.4) is 0 Å². The van der Waals surface area contributed by atoms with E-state index in [1.165, 1.54) is 0 Å². The molecule has 0 aliphatic carbocycles. The molecule has 4 heteroatoms. The fraction of sp³-hybridized carbons (Fsp3) is 0.188. The van der Waals surface area contributed by atoms with Crippen molar-refractivity contribution in [3.05, 3.63) is 70.7 Å². The molecule has 0 aliphatic heterocycles. The molecule has 0 N–H and O–H groups in total. The SMILES string of the molecule is CC(C(=O)c1ccc(Cl)cc1)S(=O)Cc1ccccc1. The van der Waals surface area contributed by atoms with Crippen LogP contribution in [0.1, 0.15) is 22.8 Å². The largest absolute Gasteiger partial charge is 0.293 e. The molecule has 0 spiro atoms. The van der Waals surface area contributed by atoms with Gasteiger partial charge in [-0.1, -0.05) is 41.9 Å². The summed E-state index contributed by atoms with van der Waals surface area (Å²) in [6, 6.07) is 16.2. The molecule has 0 aromatic heterocycles. The molecule has 2 nitrogen and oxygen atoms in total. The highest BCUT2D eigenvalue weighted by molar-refractivity contribution is 7.85. The van der Waals surface area contributed by atoms with Gasteiger partial charge in [0.15, 0.2) is 5.78 Å². The smallest absolute Gasteiger partial charge is 0.178 e. The molecule has 2 aromatic rings. The highest BCUT2D eigenvalue weighted by Gasteiger charge is 2.21. The number of halogens is 1. The van der Waals surface area contributed by atoms with Crippen molar-refractivity contribution in [1.82, 2.24) is 0 Å². The second kappa shape index (κ2) is 6.82. The topological polar surface area (TPSA) is 34.1 Å². The van der Waals surface area contributed by atoms with Gasteiger partial charge < -0.3 is 0 Å². The van der Waals surface area contributed by atoms with Gasteiger partial charge in [0.2, 0.25) is 0 Å². The zero-order valence-electron chi connectivity index (χ0n) is 11.1. The van der Waals surface area contributed by atoms with E-state index < -0.39 is 16.0 Å². The molecule has 0 saturated carbocycles. The van der Waals surface area contributed by atoms with E-state index in [1.54, 1.807) is 31.2 Å². The molecule has 0 aliphatic rings. The van der Waals surface area contributed by atoms with Gasteiger partial charge in [-0.3, -0.25) is 9.00 Å². The van der Waals surface area contributed by atoms with Crippen molar-refractivity contribution >= 4 is 28.2 Å². The Morgan fingerprint density at radius 1 is 1.10 bits per heavy atom. The van der Waals surface area contributed by atoms with Crippen LogP contribution in [-0.2, 0) is 16.6 Å². The van der Waals surface area contributed by atoms with Crippen molar-refractivity contribution in [1.29, 1.82) is 0 Å². The van der Waals surface area contributed by atoms with Crippen molar-refractivity contribution in [2.75, 3.05) is 0 Å². The van der Waals surface area contributed by atoms with Gasteiger partial charge >= 0.3 is 0 Å². The van der Waals surface area contributed by atoms with Crippen molar-refractivity contribution in [3.63, 3.8) is 0 Å². The molecule has 0 radical (unpaired) electrons.